The van der Waals surface area contributed by atoms with Crippen molar-refractivity contribution in [1.82, 2.24) is 20.1 Å². The van der Waals surface area contributed by atoms with E-state index in [4.69, 9.17) is 0 Å². The third-order valence-corrected chi connectivity index (χ3v) is 6.89. The van der Waals surface area contributed by atoms with Gasteiger partial charge in [-0.25, -0.2) is 0 Å². The van der Waals surface area contributed by atoms with E-state index < -0.39 is 0 Å². The Labute approximate surface area is 186 Å². The summed E-state index contributed by atoms with van der Waals surface area (Å²) in [5.74, 6) is 1.71. The maximum atomic E-state index is 12.6. The molecule has 1 aromatic heterocycles. The molecule has 3 atom stereocenters. The fourth-order valence-electron chi connectivity index (χ4n) is 5.20. The van der Waals surface area contributed by atoms with E-state index in [0.29, 0.717) is 18.4 Å². The third kappa shape index (κ3) is 6.37. The number of piperidine rings is 2. The van der Waals surface area contributed by atoms with Gasteiger partial charge in [-0.05, 0) is 55.3 Å². The fraction of sp³-hybridized carbons (Fsp3) is 0.538. The number of nitrogens with zero attached hydrogens (tertiary/aromatic N) is 3. The van der Waals surface area contributed by atoms with E-state index in [-0.39, 0.29) is 5.91 Å². The van der Waals surface area contributed by atoms with Crippen molar-refractivity contribution in [1.29, 1.82) is 0 Å². The largest absolute Gasteiger partial charge is 0.345 e. The Balaban J connectivity index is 1.19. The minimum atomic E-state index is 0.249. The predicted molar refractivity (Wildman–Crippen MR) is 125 cm³/mol. The lowest BCUT2D eigenvalue weighted by Crippen LogP contribution is -2.55. The van der Waals surface area contributed by atoms with Gasteiger partial charge >= 0.3 is 0 Å². The van der Waals surface area contributed by atoms with Gasteiger partial charge in [-0.3, -0.25) is 14.7 Å². The van der Waals surface area contributed by atoms with E-state index in [2.05, 4.69) is 45.5 Å². The molecular formula is C26H36N4O. The molecule has 1 aromatic carbocycles. The van der Waals surface area contributed by atoms with Crippen LogP contribution in [0.25, 0.3) is 0 Å². The monoisotopic (exact) mass is 420 g/mol. The molecule has 5 nitrogen and oxygen atoms in total. The minimum absolute atomic E-state index is 0.249. The van der Waals surface area contributed by atoms with E-state index >= 15 is 0 Å². The molecule has 4 rings (SSSR count). The quantitative estimate of drug-likeness (QED) is 0.676. The zero-order valence-electron chi connectivity index (χ0n) is 18.7. The maximum absolute atomic E-state index is 12.6. The van der Waals surface area contributed by atoms with Gasteiger partial charge in [-0.2, -0.15) is 0 Å². The van der Waals surface area contributed by atoms with Crippen LogP contribution < -0.4 is 5.32 Å². The van der Waals surface area contributed by atoms with E-state index in [1.54, 1.807) is 0 Å². The van der Waals surface area contributed by atoms with Crippen molar-refractivity contribution in [3.8, 4) is 0 Å². The highest BCUT2D eigenvalue weighted by atomic mass is 16.2. The number of aromatic nitrogens is 1. The molecule has 0 spiro atoms. The molecule has 2 fully saturated rings. The van der Waals surface area contributed by atoms with Gasteiger partial charge in [-0.15, -0.1) is 0 Å². The van der Waals surface area contributed by atoms with Crippen molar-refractivity contribution < 1.29 is 4.79 Å². The van der Waals surface area contributed by atoms with Gasteiger partial charge in [0.05, 0.1) is 0 Å². The van der Waals surface area contributed by atoms with Crippen molar-refractivity contribution in [2.24, 2.45) is 11.8 Å². The Morgan fingerprint density at radius 1 is 1.16 bits per heavy atom. The van der Waals surface area contributed by atoms with Crippen LogP contribution in [0.3, 0.4) is 0 Å². The molecular weight excluding hydrogens is 384 g/mol. The highest BCUT2D eigenvalue weighted by Crippen LogP contribution is 2.31. The highest BCUT2D eigenvalue weighted by molar-refractivity contribution is 5.75. The van der Waals surface area contributed by atoms with Crippen LogP contribution in [-0.4, -0.2) is 60.0 Å². The van der Waals surface area contributed by atoms with Gasteiger partial charge in [-0.1, -0.05) is 36.4 Å². The van der Waals surface area contributed by atoms with Gasteiger partial charge in [0.15, 0.2) is 0 Å². The minimum Gasteiger partial charge on any atom is -0.345 e. The van der Waals surface area contributed by atoms with Crippen LogP contribution in [0.5, 0.6) is 0 Å². The Kier molecular flexibility index (Phi) is 7.71. The predicted octanol–water partition coefficient (Wildman–Crippen LogP) is 3.36. The van der Waals surface area contributed by atoms with E-state index in [9.17, 15) is 4.79 Å². The number of benzene rings is 1. The second-order valence-electron chi connectivity index (χ2n) is 9.33. The average Bonchev–Trinajstić information content (AvgIpc) is 2.80. The lowest BCUT2D eigenvalue weighted by Gasteiger charge is -2.46. The average molecular weight is 421 g/mol. The van der Waals surface area contributed by atoms with Crippen molar-refractivity contribution in [2.45, 2.75) is 44.7 Å². The summed E-state index contributed by atoms with van der Waals surface area (Å²) in [6.07, 6.45) is 6.65. The van der Waals surface area contributed by atoms with Gasteiger partial charge in [0, 0.05) is 64.0 Å². The number of amides is 1. The zero-order chi connectivity index (χ0) is 21.5. The molecule has 2 aliphatic heterocycles. The van der Waals surface area contributed by atoms with Gasteiger partial charge in [0.2, 0.25) is 5.91 Å². The first-order valence-electron chi connectivity index (χ1n) is 11.8. The van der Waals surface area contributed by atoms with E-state index in [1.807, 2.05) is 36.3 Å². The SMILES string of the molecule is CN(CCc1ccccn1)C(=O)CCC[C@H]1NC[C@@H]2C[C@H]1CN(Cc1ccccc1)C2. The number of carbonyl (C=O) groups excluding carboxylic acids is 1. The van der Waals surface area contributed by atoms with Crippen LogP contribution in [0.2, 0.25) is 0 Å². The molecule has 2 saturated heterocycles. The molecule has 2 bridgehead atoms. The van der Waals surface area contributed by atoms with Crippen molar-refractivity contribution in [3.63, 3.8) is 0 Å². The van der Waals surface area contributed by atoms with Crippen LogP contribution in [-0.2, 0) is 17.8 Å². The molecule has 3 heterocycles. The second kappa shape index (κ2) is 10.9. The Morgan fingerprint density at radius 2 is 2.00 bits per heavy atom. The summed E-state index contributed by atoms with van der Waals surface area (Å²) in [7, 11) is 1.91. The molecule has 31 heavy (non-hydrogen) atoms. The van der Waals surface area contributed by atoms with Gasteiger partial charge in [0.25, 0.3) is 0 Å². The topological polar surface area (TPSA) is 48.5 Å². The third-order valence-electron chi connectivity index (χ3n) is 6.89. The van der Waals surface area contributed by atoms with Crippen molar-refractivity contribution >= 4 is 5.91 Å². The smallest absolute Gasteiger partial charge is 0.222 e. The fourth-order valence-corrected chi connectivity index (χ4v) is 5.20. The molecule has 5 heteroatoms. The number of nitrogens with one attached hydrogen (secondary N) is 1. The van der Waals surface area contributed by atoms with Crippen molar-refractivity contribution in [2.75, 3.05) is 33.2 Å². The first kappa shape index (κ1) is 22.0. The Morgan fingerprint density at radius 3 is 2.81 bits per heavy atom. The number of fused-ring (bicyclic) bond motifs is 2. The van der Waals surface area contributed by atoms with Gasteiger partial charge in [0.1, 0.15) is 0 Å². The molecule has 0 saturated carbocycles. The van der Waals surface area contributed by atoms with Crippen LogP contribution in [0, 0.1) is 11.8 Å². The van der Waals surface area contributed by atoms with E-state index in [0.717, 1.165) is 50.5 Å². The molecule has 2 aromatic rings. The summed E-state index contributed by atoms with van der Waals surface area (Å²) < 4.78 is 0. The van der Waals surface area contributed by atoms with Crippen LogP contribution >= 0.6 is 0 Å². The van der Waals surface area contributed by atoms with Gasteiger partial charge < -0.3 is 10.2 Å². The number of rotatable bonds is 9. The lowest BCUT2D eigenvalue weighted by atomic mass is 9.79. The summed E-state index contributed by atoms with van der Waals surface area (Å²) in [4.78, 5) is 21.4. The molecule has 1 N–H and O–H groups in total. The molecule has 2 aliphatic rings. The summed E-state index contributed by atoms with van der Waals surface area (Å²) in [6.45, 7) is 5.27. The summed E-state index contributed by atoms with van der Waals surface area (Å²) in [5.41, 5.74) is 2.45. The zero-order valence-corrected chi connectivity index (χ0v) is 18.7. The number of carbonyl (C=O) groups is 1. The molecule has 1 amide bonds. The van der Waals surface area contributed by atoms with Crippen LogP contribution in [0.15, 0.2) is 54.7 Å². The first-order valence-corrected chi connectivity index (χ1v) is 11.8. The summed E-state index contributed by atoms with van der Waals surface area (Å²) in [5, 5.41) is 3.80. The van der Waals surface area contributed by atoms with Crippen LogP contribution in [0.1, 0.15) is 36.9 Å². The normalized spacial score (nSPS) is 23.5. The Bertz CT molecular complexity index is 813. The number of pyridine rings is 1. The number of likely N-dealkylation sites (tertiary alicyclic amines) is 1. The maximum Gasteiger partial charge on any atom is 0.222 e. The number of hydrogen-bond acceptors (Lipinski definition) is 4. The number of likely N-dealkylation sites (N-methyl/N-ethyl adjacent to an activating group) is 1. The van der Waals surface area contributed by atoms with E-state index in [1.165, 1.54) is 25.1 Å². The number of hydrogen-bond donors (Lipinski definition) is 1. The molecule has 166 valence electrons. The Hall–Kier alpha value is -2.24. The lowest BCUT2D eigenvalue weighted by molar-refractivity contribution is -0.130. The molecule has 0 aliphatic carbocycles. The molecule has 0 unspecified atom stereocenters. The second-order valence-corrected chi connectivity index (χ2v) is 9.33. The summed E-state index contributed by atoms with van der Waals surface area (Å²) >= 11 is 0. The van der Waals surface area contributed by atoms with Crippen molar-refractivity contribution in [3.05, 3.63) is 66.0 Å². The summed E-state index contributed by atoms with van der Waals surface area (Å²) in [6, 6.07) is 17.3. The standard InChI is InChI=1S/C26H36N4O/c1-29(15-13-24-10-5-6-14-27-24)26(31)12-7-11-25-23-16-22(17-28-25)19-30(20-23)18-21-8-3-2-4-9-21/h2-6,8-10,14,22-23,25,28H,7,11-13,15-20H2,1H3/t22-,23-,25+/m0/s1. The highest BCUT2D eigenvalue weighted by Gasteiger charge is 2.36. The van der Waals surface area contributed by atoms with Crippen LogP contribution in [0.4, 0.5) is 0 Å². The first-order chi connectivity index (χ1) is 15.2. The molecule has 0 radical (unpaired) electrons.